The van der Waals surface area contributed by atoms with Gasteiger partial charge in [0.15, 0.2) is 5.82 Å². The third-order valence-electron chi connectivity index (χ3n) is 4.27. The molecule has 0 bridgehead atoms. The molecule has 2 aromatic rings. The number of hydrogen-bond donors (Lipinski definition) is 3. The smallest absolute Gasteiger partial charge is 0.269 e. The van der Waals surface area contributed by atoms with Crippen molar-refractivity contribution in [1.29, 1.82) is 0 Å². The van der Waals surface area contributed by atoms with E-state index < -0.39 is 21.7 Å². The van der Waals surface area contributed by atoms with Gasteiger partial charge in [-0.3, -0.25) is 10.2 Å². The van der Waals surface area contributed by atoms with Crippen molar-refractivity contribution in [1.82, 2.24) is 15.6 Å². The average Bonchev–Trinajstić information content (AvgIpc) is 2.58. The van der Waals surface area contributed by atoms with Gasteiger partial charge in [-0.2, -0.15) is 0 Å². The second-order valence-corrected chi connectivity index (χ2v) is 8.73. The number of benzene rings is 2. The van der Waals surface area contributed by atoms with E-state index in [1.807, 2.05) is 36.0 Å². The fraction of sp³-hybridized carbons (Fsp3) is 0.278. The van der Waals surface area contributed by atoms with E-state index in [1.165, 1.54) is 12.1 Å². The van der Waals surface area contributed by atoms with E-state index in [0.717, 1.165) is 11.1 Å². The maximum absolute atomic E-state index is 14.3. The van der Waals surface area contributed by atoms with Crippen molar-refractivity contribution in [3.05, 3.63) is 58.4 Å². The first-order valence-corrected chi connectivity index (χ1v) is 10.3. The first-order valence-electron chi connectivity index (χ1n) is 8.32. The molecule has 0 saturated carbocycles. The molecule has 27 heavy (non-hydrogen) atoms. The van der Waals surface area contributed by atoms with Crippen LogP contribution in [-0.2, 0) is 10.0 Å². The summed E-state index contributed by atoms with van der Waals surface area (Å²) >= 11 is 5.94. The van der Waals surface area contributed by atoms with Gasteiger partial charge in [0, 0.05) is 13.1 Å². The van der Waals surface area contributed by atoms with Crippen LogP contribution in [0.1, 0.15) is 15.9 Å². The molecule has 1 heterocycles. The zero-order valence-corrected chi connectivity index (χ0v) is 16.1. The molecule has 0 aromatic heterocycles. The summed E-state index contributed by atoms with van der Waals surface area (Å²) in [4.78, 5) is 14.3. The molecule has 1 saturated heterocycles. The van der Waals surface area contributed by atoms with E-state index in [2.05, 4.69) is 10.7 Å². The summed E-state index contributed by atoms with van der Waals surface area (Å²) in [5, 5.41) is 2.75. The first-order chi connectivity index (χ1) is 12.7. The molecule has 0 atom stereocenters. The highest BCUT2D eigenvalue weighted by atomic mass is 35.5. The molecule has 0 radical (unpaired) electrons. The van der Waals surface area contributed by atoms with Crippen LogP contribution in [0.2, 0.25) is 5.02 Å². The van der Waals surface area contributed by atoms with Crippen LogP contribution >= 0.6 is 11.6 Å². The molecule has 6 nitrogen and oxygen atoms in total. The van der Waals surface area contributed by atoms with Gasteiger partial charge in [0.1, 0.15) is 0 Å². The fourth-order valence-electron chi connectivity index (χ4n) is 2.76. The highest BCUT2D eigenvalue weighted by Gasteiger charge is 2.25. The number of sulfonamides is 1. The van der Waals surface area contributed by atoms with E-state index in [-0.39, 0.29) is 22.3 Å². The highest BCUT2D eigenvalue weighted by molar-refractivity contribution is 7.89. The summed E-state index contributed by atoms with van der Waals surface area (Å²) in [7, 11) is -3.71. The van der Waals surface area contributed by atoms with Crippen LogP contribution in [0.3, 0.4) is 0 Å². The Morgan fingerprint density at radius 3 is 2.63 bits per heavy atom. The monoisotopic (exact) mass is 411 g/mol. The number of amides is 1. The summed E-state index contributed by atoms with van der Waals surface area (Å²) in [5.74, 6) is -1.95. The summed E-state index contributed by atoms with van der Waals surface area (Å²) in [5.41, 5.74) is 4.03. The molecule has 2 aromatic carbocycles. The Balaban J connectivity index is 1.79. The number of rotatable bonds is 6. The lowest BCUT2D eigenvalue weighted by Gasteiger charge is -2.26. The molecule has 1 fully saturated rings. The summed E-state index contributed by atoms with van der Waals surface area (Å²) < 4.78 is 38.3. The Bertz CT molecular complexity index is 978. The molecule has 0 unspecified atom stereocenters. The number of halogens is 2. The molecule has 3 rings (SSSR count). The topological polar surface area (TPSA) is 87.3 Å². The molecule has 0 aliphatic carbocycles. The average molecular weight is 412 g/mol. The molecular formula is C18H19ClFN3O3S. The quantitative estimate of drug-likeness (QED) is 0.636. The van der Waals surface area contributed by atoms with Gasteiger partial charge in [-0.15, -0.1) is 4.83 Å². The van der Waals surface area contributed by atoms with Gasteiger partial charge in [-0.05, 0) is 36.1 Å². The predicted octanol–water partition coefficient (Wildman–Crippen LogP) is 2.24. The molecule has 3 N–H and O–H groups in total. The molecule has 1 amide bonds. The SMILES string of the molecule is Cc1cccc(-c2cc(Cl)c(F)c(C(=O)NNS(=O)(=O)CC3CNC3)c2)c1. The van der Waals surface area contributed by atoms with Crippen molar-refractivity contribution < 1.29 is 17.6 Å². The normalized spacial score (nSPS) is 14.6. The van der Waals surface area contributed by atoms with Crippen LogP contribution in [0.25, 0.3) is 11.1 Å². The van der Waals surface area contributed by atoms with Gasteiger partial charge in [0.25, 0.3) is 5.91 Å². The second kappa shape index (κ2) is 7.93. The van der Waals surface area contributed by atoms with Crippen molar-refractivity contribution in [2.24, 2.45) is 5.92 Å². The maximum atomic E-state index is 14.3. The Hall–Kier alpha value is -2.00. The van der Waals surface area contributed by atoms with Crippen molar-refractivity contribution in [2.75, 3.05) is 18.8 Å². The van der Waals surface area contributed by atoms with E-state index >= 15 is 0 Å². The molecule has 1 aliphatic heterocycles. The van der Waals surface area contributed by atoms with Crippen LogP contribution in [0.4, 0.5) is 4.39 Å². The lowest BCUT2D eigenvalue weighted by molar-refractivity contribution is 0.0941. The molecule has 0 spiro atoms. The van der Waals surface area contributed by atoms with Crippen LogP contribution in [-0.4, -0.2) is 33.2 Å². The molecule has 9 heteroatoms. The zero-order chi connectivity index (χ0) is 19.6. The van der Waals surface area contributed by atoms with Gasteiger partial charge in [0.05, 0.1) is 16.3 Å². The number of hydrogen-bond acceptors (Lipinski definition) is 4. The van der Waals surface area contributed by atoms with Crippen molar-refractivity contribution in [2.45, 2.75) is 6.92 Å². The summed E-state index contributed by atoms with van der Waals surface area (Å²) in [6, 6.07) is 10.2. The maximum Gasteiger partial charge on any atom is 0.269 e. The highest BCUT2D eigenvalue weighted by Crippen LogP contribution is 2.28. The summed E-state index contributed by atoms with van der Waals surface area (Å²) in [6.45, 7) is 3.13. The van der Waals surface area contributed by atoms with Gasteiger partial charge in [-0.25, -0.2) is 12.8 Å². The standard InChI is InChI=1S/C18H19ClFN3O3S/c1-11-3-2-4-13(5-11)14-6-15(17(20)16(19)7-14)18(24)22-23-27(25,26)10-12-8-21-9-12/h2-7,12,21,23H,8-10H2,1H3,(H,22,24). The number of hydrazine groups is 1. The van der Waals surface area contributed by atoms with E-state index in [0.29, 0.717) is 18.7 Å². The second-order valence-electron chi connectivity index (χ2n) is 6.55. The van der Waals surface area contributed by atoms with Crippen molar-refractivity contribution >= 4 is 27.5 Å². The lowest BCUT2D eigenvalue weighted by Crippen LogP contribution is -2.50. The Labute approximate surface area is 162 Å². The minimum absolute atomic E-state index is 0.00442. The third-order valence-corrected chi connectivity index (χ3v) is 5.86. The lowest BCUT2D eigenvalue weighted by atomic mass is 10.0. The van der Waals surface area contributed by atoms with Gasteiger partial charge < -0.3 is 5.32 Å². The van der Waals surface area contributed by atoms with Gasteiger partial charge in [-0.1, -0.05) is 41.4 Å². The van der Waals surface area contributed by atoms with E-state index in [1.54, 1.807) is 0 Å². The third kappa shape index (κ3) is 4.84. The Morgan fingerprint density at radius 1 is 1.26 bits per heavy atom. The number of carbonyl (C=O) groups excluding carboxylic acids is 1. The van der Waals surface area contributed by atoms with E-state index in [4.69, 9.17) is 11.6 Å². The molecule has 1 aliphatic rings. The Morgan fingerprint density at radius 2 is 2.00 bits per heavy atom. The van der Waals surface area contributed by atoms with Gasteiger partial charge >= 0.3 is 0 Å². The van der Waals surface area contributed by atoms with Crippen molar-refractivity contribution in [3.63, 3.8) is 0 Å². The van der Waals surface area contributed by atoms with Crippen LogP contribution in [0, 0.1) is 18.7 Å². The van der Waals surface area contributed by atoms with Crippen LogP contribution < -0.4 is 15.6 Å². The minimum atomic E-state index is -3.71. The van der Waals surface area contributed by atoms with Crippen LogP contribution in [0.15, 0.2) is 36.4 Å². The predicted molar refractivity (Wildman–Crippen MR) is 102 cm³/mol. The Kier molecular flexibility index (Phi) is 5.81. The summed E-state index contributed by atoms with van der Waals surface area (Å²) in [6.07, 6.45) is 0. The number of carbonyl (C=O) groups is 1. The molecular weight excluding hydrogens is 393 g/mol. The largest absolute Gasteiger partial charge is 0.316 e. The minimum Gasteiger partial charge on any atom is -0.316 e. The van der Waals surface area contributed by atoms with E-state index in [9.17, 15) is 17.6 Å². The number of aryl methyl sites for hydroxylation is 1. The van der Waals surface area contributed by atoms with Gasteiger partial charge in [0.2, 0.25) is 10.0 Å². The molecule has 144 valence electrons. The van der Waals surface area contributed by atoms with Crippen molar-refractivity contribution in [3.8, 4) is 11.1 Å². The van der Waals surface area contributed by atoms with Crippen LogP contribution in [0.5, 0.6) is 0 Å². The zero-order valence-electron chi connectivity index (χ0n) is 14.6. The number of nitrogens with one attached hydrogen (secondary N) is 3. The first kappa shape index (κ1) is 19.8. The fourth-order valence-corrected chi connectivity index (χ4v) is 4.16.